The van der Waals surface area contributed by atoms with E-state index in [-0.39, 0.29) is 5.91 Å². The van der Waals surface area contributed by atoms with Crippen LogP contribution >= 0.6 is 0 Å². The Balaban J connectivity index is 1.93. The maximum atomic E-state index is 11.8. The van der Waals surface area contributed by atoms with Crippen molar-refractivity contribution in [2.24, 2.45) is 5.73 Å². The molecule has 3 atom stereocenters. The van der Waals surface area contributed by atoms with Crippen molar-refractivity contribution in [3.63, 3.8) is 0 Å². The van der Waals surface area contributed by atoms with Gasteiger partial charge in [0.15, 0.2) is 0 Å². The van der Waals surface area contributed by atoms with Crippen LogP contribution in [0.3, 0.4) is 0 Å². The molecule has 2 rings (SSSR count). The molecular weight excluding hydrogens is 254 g/mol. The third-order valence-electron chi connectivity index (χ3n) is 4.71. The molecule has 5 nitrogen and oxygen atoms in total. The van der Waals surface area contributed by atoms with E-state index in [0.29, 0.717) is 18.2 Å². The third kappa shape index (κ3) is 3.93. The highest BCUT2D eigenvalue weighted by molar-refractivity contribution is 5.84. The van der Waals surface area contributed by atoms with Gasteiger partial charge in [0.05, 0.1) is 11.6 Å². The summed E-state index contributed by atoms with van der Waals surface area (Å²) in [4.78, 5) is 14.3. The molecule has 0 aromatic carbocycles. The van der Waals surface area contributed by atoms with E-state index in [1.54, 1.807) is 7.11 Å². The van der Waals surface area contributed by atoms with Gasteiger partial charge in [0.25, 0.3) is 0 Å². The van der Waals surface area contributed by atoms with Crippen LogP contribution in [0, 0.1) is 0 Å². The van der Waals surface area contributed by atoms with Gasteiger partial charge in [-0.1, -0.05) is 0 Å². The standard InChI is InChI=1S/C15H29N3O2/c1-11(18-8-4-5-13(10-18)20-3)9-15(2,14(16)19)17-12-6-7-12/h11-13,17H,4-10H2,1-3H3,(H2,16,19). The summed E-state index contributed by atoms with van der Waals surface area (Å²) >= 11 is 0. The number of rotatable bonds is 7. The number of ether oxygens (including phenoxy) is 1. The number of carbonyl (C=O) groups is 1. The number of carbonyl (C=O) groups excluding carboxylic acids is 1. The van der Waals surface area contributed by atoms with Crippen LogP contribution in [-0.4, -0.2) is 54.7 Å². The average Bonchev–Trinajstić information content (AvgIpc) is 3.22. The van der Waals surface area contributed by atoms with Crippen molar-refractivity contribution in [2.75, 3.05) is 20.2 Å². The molecule has 0 spiro atoms. The zero-order chi connectivity index (χ0) is 14.8. The van der Waals surface area contributed by atoms with Gasteiger partial charge in [-0.15, -0.1) is 0 Å². The van der Waals surface area contributed by atoms with E-state index in [0.717, 1.165) is 45.2 Å². The van der Waals surface area contributed by atoms with E-state index in [2.05, 4.69) is 17.1 Å². The molecule has 0 bridgehead atoms. The van der Waals surface area contributed by atoms with E-state index < -0.39 is 5.54 Å². The van der Waals surface area contributed by atoms with Crippen LogP contribution in [0.5, 0.6) is 0 Å². The molecule has 0 radical (unpaired) electrons. The zero-order valence-corrected chi connectivity index (χ0v) is 13.0. The molecule has 2 fully saturated rings. The minimum Gasteiger partial charge on any atom is -0.380 e. The van der Waals surface area contributed by atoms with Gasteiger partial charge in [-0.2, -0.15) is 0 Å². The quantitative estimate of drug-likeness (QED) is 0.727. The maximum absolute atomic E-state index is 11.8. The van der Waals surface area contributed by atoms with E-state index in [1.807, 2.05) is 6.92 Å². The summed E-state index contributed by atoms with van der Waals surface area (Å²) < 4.78 is 5.47. The molecule has 1 heterocycles. The number of nitrogens with one attached hydrogen (secondary N) is 1. The molecule has 116 valence electrons. The summed E-state index contributed by atoms with van der Waals surface area (Å²) in [6.07, 6.45) is 5.69. The van der Waals surface area contributed by atoms with Crippen molar-refractivity contribution >= 4 is 5.91 Å². The Kier molecular flexibility index (Phi) is 5.04. The summed E-state index contributed by atoms with van der Waals surface area (Å²) in [6, 6.07) is 0.810. The van der Waals surface area contributed by atoms with Gasteiger partial charge in [-0.3, -0.25) is 9.69 Å². The van der Waals surface area contributed by atoms with Gasteiger partial charge in [0, 0.05) is 25.7 Å². The fourth-order valence-electron chi connectivity index (χ4n) is 3.19. The van der Waals surface area contributed by atoms with Crippen LogP contribution in [0.25, 0.3) is 0 Å². The highest BCUT2D eigenvalue weighted by Gasteiger charge is 2.39. The second-order valence-electron chi connectivity index (χ2n) is 6.66. The molecule has 1 saturated heterocycles. The zero-order valence-electron chi connectivity index (χ0n) is 13.0. The first-order valence-corrected chi connectivity index (χ1v) is 7.79. The van der Waals surface area contributed by atoms with Crippen LogP contribution in [0.1, 0.15) is 46.0 Å². The number of piperidine rings is 1. The van der Waals surface area contributed by atoms with Gasteiger partial charge < -0.3 is 15.8 Å². The first-order chi connectivity index (χ1) is 9.44. The number of methoxy groups -OCH3 is 1. The van der Waals surface area contributed by atoms with Gasteiger partial charge in [0.1, 0.15) is 0 Å². The summed E-state index contributed by atoms with van der Waals surface area (Å²) in [5.41, 5.74) is 5.04. The molecular formula is C15H29N3O2. The number of likely N-dealkylation sites (tertiary alicyclic amines) is 1. The first-order valence-electron chi connectivity index (χ1n) is 7.79. The van der Waals surface area contributed by atoms with Gasteiger partial charge in [-0.25, -0.2) is 0 Å². The molecule has 1 aliphatic heterocycles. The predicted molar refractivity (Wildman–Crippen MR) is 79.4 cm³/mol. The normalized spacial score (nSPS) is 28.9. The maximum Gasteiger partial charge on any atom is 0.237 e. The highest BCUT2D eigenvalue weighted by Crippen LogP contribution is 2.26. The molecule has 2 aliphatic rings. The number of hydrogen-bond donors (Lipinski definition) is 2. The molecule has 0 aromatic rings. The lowest BCUT2D eigenvalue weighted by molar-refractivity contribution is -0.124. The predicted octanol–water partition coefficient (Wildman–Crippen LogP) is 0.872. The Hall–Kier alpha value is -0.650. The topological polar surface area (TPSA) is 67.6 Å². The van der Waals surface area contributed by atoms with Crippen LogP contribution in [-0.2, 0) is 9.53 Å². The number of nitrogens with two attached hydrogens (primary N) is 1. The summed E-state index contributed by atoms with van der Waals surface area (Å²) in [5, 5.41) is 3.43. The first kappa shape index (κ1) is 15.7. The lowest BCUT2D eigenvalue weighted by atomic mass is 9.91. The monoisotopic (exact) mass is 283 g/mol. The number of primary amides is 1. The van der Waals surface area contributed by atoms with Crippen molar-refractivity contribution < 1.29 is 9.53 Å². The molecule has 20 heavy (non-hydrogen) atoms. The molecule has 3 N–H and O–H groups in total. The highest BCUT2D eigenvalue weighted by atomic mass is 16.5. The average molecular weight is 283 g/mol. The number of hydrogen-bond acceptors (Lipinski definition) is 4. The lowest BCUT2D eigenvalue weighted by Gasteiger charge is -2.39. The molecule has 1 amide bonds. The fraction of sp³-hybridized carbons (Fsp3) is 0.933. The van der Waals surface area contributed by atoms with Crippen molar-refractivity contribution in [2.45, 2.75) is 69.7 Å². The number of amides is 1. The lowest BCUT2D eigenvalue weighted by Crippen LogP contribution is -2.58. The summed E-state index contributed by atoms with van der Waals surface area (Å²) in [6.45, 7) is 6.17. The van der Waals surface area contributed by atoms with Crippen LogP contribution in [0.2, 0.25) is 0 Å². The van der Waals surface area contributed by atoms with Crippen LogP contribution in [0.15, 0.2) is 0 Å². The van der Waals surface area contributed by atoms with Gasteiger partial charge in [-0.05, 0) is 52.5 Å². The van der Waals surface area contributed by atoms with Crippen molar-refractivity contribution in [3.8, 4) is 0 Å². The molecule has 5 heteroatoms. The number of nitrogens with zero attached hydrogens (tertiary/aromatic N) is 1. The second-order valence-corrected chi connectivity index (χ2v) is 6.66. The fourth-order valence-corrected chi connectivity index (χ4v) is 3.19. The Bertz CT molecular complexity index is 346. The Labute approximate surface area is 122 Å². The van der Waals surface area contributed by atoms with Crippen LogP contribution in [0.4, 0.5) is 0 Å². The smallest absolute Gasteiger partial charge is 0.237 e. The molecule has 1 saturated carbocycles. The largest absolute Gasteiger partial charge is 0.380 e. The Morgan fingerprint density at radius 2 is 2.20 bits per heavy atom. The van der Waals surface area contributed by atoms with Crippen molar-refractivity contribution in [1.29, 1.82) is 0 Å². The van der Waals surface area contributed by atoms with E-state index in [1.165, 1.54) is 0 Å². The van der Waals surface area contributed by atoms with Crippen LogP contribution < -0.4 is 11.1 Å². The summed E-state index contributed by atoms with van der Waals surface area (Å²) in [5.74, 6) is -0.239. The van der Waals surface area contributed by atoms with Crippen molar-refractivity contribution in [1.82, 2.24) is 10.2 Å². The third-order valence-corrected chi connectivity index (χ3v) is 4.71. The van der Waals surface area contributed by atoms with E-state index in [4.69, 9.17) is 10.5 Å². The SMILES string of the molecule is COC1CCCN(C(C)CC(C)(NC2CC2)C(N)=O)C1. The molecule has 3 unspecified atom stereocenters. The molecule has 1 aliphatic carbocycles. The van der Waals surface area contributed by atoms with Gasteiger partial charge in [0.2, 0.25) is 5.91 Å². The van der Waals surface area contributed by atoms with E-state index >= 15 is 0 Å². The van der Waals surface area contributed by atoms with Gasteiger partial charge >= 0.3 is 0 Å². The second kappa shape index (κ2) is 6.41. The van der Waals surface area contributed by atoms with E-state index in [9.17, 15) is 4.79 Å². The molecule has 0 aromatic heterocycles. The van der Waals surface area contributed by atoms with Crippen molar-refractivity contribution in [3.05, 3.63) is 0 Å². The Morgan fingerprint density at radius 1 is 1.50 bits per heavy atom. The minimum atomic E-state index is -0.597. The minimum absolute atomic E-state index is 0.239. The Morgan fingerprint density at radius 3 is 2.75 bits per heavy atom. The summed E-state index contributed by atoms with van der Waals surface area (Å²) in [7, 11) is 1.78.